The Balaban J connectivity index is 1.66. The molecule has 0 saturated carbocycles. The lowest BCUT2D eigenvalue weighted by Gasteiger charge is -2.11. The molecule has 8 heteroatoms. The minimum atomic E-state index is -0.141. The van der Waals surface area contributed by atoms with Crippen LogP contribution in [0.4, 0.5) is 5.82 Å². The van der Waals surface area contributed by atoms with Crippen molar-refractivity contribution in [3.05, 3.63) is 52.2 Å². The summed E-state index contributed by atoms with van der Waals surface area (Å²) in [4.78, 5) is 23.0. The first kappa shape index (κ1) is 17.9. The van der Waals surface area contributed by atoms with Gasteiger partial charge in [-0.15, -0.1) is 10.2 Å². The number of carbonyl (C=O) groups excluding carboxylic acids is 1. The van der Waals surface area contributed by atoms with Crippen molar-refractivity contribution < 1.29 is 4.79 Å². The third-order valence-electron chi connectivity index (χ3n) is 3.73. The highest BCUT2D eigenvalue weighted by molar-refractivity contribution is 7.11. The zero-order chi connectivity index (χ0) is 18.5. The molecule has 0 aliphatic carbocycles. The molecular formula is C18H20N6OS. The highest BCUT2D eigenvalue weighted by atomic mass is 32.1. The molecule has 2 aromatic heterocycles. The zero-order valence-electron chi connectivity index (χ0n) is 14.9. The summed E-state index contributed by atoms with van der Waals surface area (Å²) in [5, 5.41) is 12.8. The van der Waals surface area contributed by atoms with Crippen molar-refractivity contribution >= 4 is 23.1 Å². The van der Waals surface area contributed by atoms with Crippen molar-refractivity contribution in [3.63, 3.8) is 0 Å². The fourth-order valence-corrected chi connectivity index (χ4v) is 2.99. The van der Waals surface area contributed by atoms with E-state index >= 15 is 0 Å². The number of nitrogens with one attached hydrogen (secondary N) is 1. The summed E-state index contributed by atoms with van der Waals surface area (Å²) >= 11 is 1.52. The minimum absolute atomic E-state index is 0.141. The molecule has 0 bridgehead atoms. The fraction of sp³-hybridized carbons (Fsp3) is 0.278. The van der Waals surface area contributed by atoms with Crippen LogP contribution in [0.25, 0.3) is 11.3 Å². The topological polar surface area (TPSA) is 83.9 Å². The number of rotatable bonds is 6. The van der Waals surface area contributed by atoms with Gasteiger partial charge in [-0.3, -0.25) is 9.78 Å². The van der Waals surface area contributed by atoms with E-state index in [1.54, 1.807) is 24.5 Å². The summed E-state index contributed by atoms with van der Waals surface area (Å²) in [5.74, 6) is 0.644. The number of amides is 1. The molecule has 0 aliphatic rings. The van der Waals surface area contributed by atoms with Crippen LogP contribution in [0.2, 0.25) is 0 Å². The van der Waals surface area contributed by atoms with Gasteiger partial charge in [0.1, 0.15) is 15.8 Å². The molecule has 7 nitrogen and oxygen atoms in total. The van der Waals surface area contributed by atoms with E-state index in [0.29, 0.717) is 12.1 Å². The second-order valence-electron chi connectivity index (χ2n) is 5.86. The summed E-state index contributed by atoms with van der Waals surface area (Å²) in [6.07, 6.45) is 4.27. The molecule has 0 unspecified atom stereocenters. The lowest BCUT2D eigenvalue weighted by Crippen LogP contribution is -2.22. The normalized spacial score (nSPS) is 10.6. The van der Waals surface area contributed by atoms with E-state index in [2.05, 4.69) is 25.5 Å². The summed E-state index contributed by atoms with van der Waals surface area (Å²) in [6, 6.07) is 7.31. The number of anilines is 1. The molecule has 1 amide bonds. The van der Waals surface area contributed by atoms with Crippen molar-refractivity contribution in [2.45, 2.75) is 19.9 Å². The van der Waals surface area contributed by atoms with E-state index in [9.17, 15) is 4.79 Å². The van der Waals surface area contributed by atoms with Crippen molar-refractivity contribution in [3.8, 4) is 11.3 Å². The van der Waals surface area contributed by atoms with Crippen molar-refractivity contribution in [1.29, 1.82) is 0 Å². The van der Waals surface area contributed by atoms with Gasteiger partial charge in [0.05, 0.1) is 24.6 Å². The van der Waals surface area contributed by atoms with Gasteiger partial charge in [0, 0.05) is 25.2 Å². The summed E-state index contributed by atoms with van der Waals surface area (Å²) in [7, 11) is 3.84. The van der Waals surface area contributed by atoms with Crippen LogP contribution in [-0.4, -0.2) is 40.2 Å². The average Bonchev–Trinajstić information content (AvgIpc) is 3.14. The molecule has 0 saturated heterocycles. The highest BCUT2D eigenvalue weighted by Gasteiger charge is 2.09. The first-order chi connectivity index (χ1) is 12.6. The maximum atomic E-state index is 12.3. The number of carbonyl (C=O) groups is 1. The quantitative estimate of drug-likeness (QED) is 0.720. The highest BCUT2D eigenvalue weighted by Crippen LogP contribution is 2.19. The Hall–Kier alpha value is -2.87. The third kappa shape index (κ3) is 4.20. The van der Waals surface area contributed by atoms with E-state index in [1.165, 1.54) is 11.3 Å². The van der Waals surface area contributed by atoms with Gasteiger partial charge in [-0.2, -0.15) is 0 Å². The van der Waals surface area contributed by atoms with Gasteiger partial charge >= 0.3 is 0 Å². The van der Waals surface area contributed by atoms with Gasteiger partial charge in [0.2, 0.25) is 0 Å². The van der Waals surface area contributed by atoms with E-state index in [4.69, 9.17) is 0 Å². The monoisotopic (exact) mass is 368 g/mol. The van der Waals surface area contributed by atoms with Crippen molar-refractivity contribution in [2.24, 2.45) is 0 Å². The number of aromatic nitrogens is 4. The van der Waals surface area contributed by atoms with Crippen molar-refractivity contribution in [2.75, 3.05) is 19.0 Å². The fourth-order valence-electron chi connectivity index (χ4n) is 2.26. The van der Waals surface area contributed by atoms with Crippen LogP contribution in [-0.2, 0) is 13.0 Å². The lowest BCUT2D eigenvalue weighted by atomic mass is 10.1. The number of hydrogen-bond acceptors (Lipinski definition) is 7. The van der Waals surface area contributed by atoms with Gasteiger partial charge in [-0.1, -0.05) is 30.4 Å². The standard InChI is InChI=1S/C18H20N6OS/c1-4-16-22-23-17(26-16)11-20-18(25)13-7-5-12(6-8-13)14-9-19-10-15(21-14)24(2)3/h5-10H,4,11H2,1-3H3,(H,20,25). The molecule has 2 heterocycles. The molecular weight excluding hydrogens is 348 g/mol. The van der Waals surface area contributed by atoms with Gasteiger partial charge in [0.15, 0.2) is 0 Å². The maximum absolute atomic E-state index is 12.3. The molecule has 0 atom stereocenters. The first-order valence-corrected chi connectivity index (χ1v) is 9.07. The average molecular weight is 368 g/mol. The molecule has 134 valence electrons. The van der Waals surface area contributed by atoms with Crippen LogP contribution >= 0.6 is 11.3 Å². The zero-order valence-corrected chi connectivity index (χ0v) is 15.7. The second kappa shape index (κ2) is 8.01. The van der Waals surface area contributed by atoms with Crippen LogP contribution in [0.1, 0.15) is 27.3 Å². The molecule has 0 radical (unpaired) electrons. The summed E-state index contributed by atoms with van der Waals surface area (Å²) in [5.41, 5.74) is 2.27. The van der Waals surface area contributed by atoms with E-state index in [0.717, 1.165) is 33.5 Å². The third-order valence-corrected chi connectivity index (χ3v) is 4.80. The largest absolute Gasteiger partial charge is 0.361 e. The smallest absolute Gasteiger partial charge is 0.251 e. The van der Waals surface area contributed by atoms with Gasteiger partial charge in [-0.25, -0.2) is 4.98 Å². The lowest BCUT2D eigenvalue weighted by molar-refractivity contribution is 0.0951. The molecule has 1 aromatic carbocycles. The minimum Gasteiger partial charge on any atom is -0.361 e. The van der Waals surface area contributed by atoms with Crippen LogP contribution < -0.4 is 10.2 Å². The number of hydrogen-bond donors (Lipinski definition) is 1. The predicted octanol–water partition coefficient (Wildman–Crippen LogP) is 2.55. The Kier molecular flexibility index (Phi) is 5.52. The molecule has 1 N–H and O–H groups in total. The molecule has 0 fully saturated rings. The number of nitrogens with zero attached hydrogens (tertiary/aromatic N) is 5. The molecule has 3 aromatic rings. The Bertz CT molecular complexity index is 891. The van der Waals surface area contributed by atoms with Crippen LogP contribution in [0.3, 0.4) is 0 Å². The first-order valence-electron chi connectivity index (χ1n) is 8.26. The maximum Gasteiger partial charge on any atom is 0.251 e. The molecule has 0 aliphatic heterocycles. The Morgan fingerprint density at radius 2 is 1.85 bits per heavy atom. The number of aryl methyl sites for hydroxylation is 1. The van der Waals surface area contributed by atoms with Gasteiger partial charge < -0.3 is 10.2 Å². The second-order valence-corrected chi connectivity index (χ2v) is 7.01. The summed E-state index contributed by atoms with van der Waals surface area (Å²) < 4.78 is 0. The predicted molar refractivity (Wildman–Crippen MR) is 102 cm³/mol. The van der Waals surface area contributed by atoms with E-state index in [1.807, 2.05) is 38.1 Å². The SMILES string of the molecule is CCc1nnc(CNC(=O)c2ccc(-c3cncc(N(C)C)n3)cc2)s1. The van der Waals surface area contributed by atoms with Crippen LogP contribution in [0, 0.1) is 0 Å². The number of benzene rings is 1. The molecule has 26 heavy (non-hydrogen) atoms. The molecule has 0 spiro atoms. The molecule has 3 rings (SSSR count). The Morgan fingerprint density at radius 3 is 2.50 bits per heavy atom. The Morgan fingerprint density at radius 1 is 1.12 bits per heavy atom. The van der Waals surface area contributed by atoms with Crippen molar-refractivity contribution in [1.82, 2.24) is 25.5 Å². The summed E-state index contributed by atoms with van der Waals surface area (Å²) in [6.45, 7) is 2.41. The van der Waals surface area contributed by atoms with Gasteiger partial charge in [-0.05, 0) is 18.6 Å². The van der Waals surface area contributed by atoms with Crippen LogP contribution in [0.15, 0.2) is 36.7 Å². The van der Waals surface area contributed by atoms with E-state index in [-0.39, 0.29) is 5.91 Å². The van der Waals surface area contributed by atoms with E-state index < -0.39 is 0 Å². The Labute approximate surface area is 156 Å². The van der Waals surface area contributed by atoms with Gasteiger partial charge in [0.25, 0.3) is 5.91 Å². The van der Waals surface area contributed by atoms with Crippen LogP contribution in [0.5, 0.6) is 0 Å².